The van der Waals surface area contributed by atoms with E-state index < -0.39 is 0 Å². The van der Waals surface area contributed by atoms with E-state index in [9.17, 15) is 0 Å². The topological polar surface area (TPSA) is 64.6 Å². The normalized spacial score (nSPS) is 15.2. The molecule has 0 aromatic carbocycles. The minimum atomic E-state index is -0.363. The zero-order chi connectivity index (χ0) is 11.5. The Morgan fingerprint density at radius 1 is 0.800 bits per heavy atom. The van der Waals surface area contributed by atoms with Crippen molar-refractivity contribution in [2.45, 2.75) is 26.4 Å². The predicted octanol–water partition coefficient (Wildman–Crippen LogP) is 0.799. The molecule has 0 heterocycles. The Morgan fingerprint density at radius 3 is 1.53 bits per heavy atom. The first-order valence-electron chi connectivity index (χ1n) is 4.40. The number of rotatable bonds is 10. The minimum absolute atomic E-state index is 0.102. The maximum absolute atomic E-state index is 4.93. The molecule has 0 aromatic rings. The van der Waals surface area contributed by atoms with Crippen LogP contribution in [0.5, 0.6) is 0 Å². The van der Waals surface area contributed by atoms with Gasteiger partial charge < -0.3 is 18.9 Å². The molecule has 92 valence electrons. The number of hydrogen-bond acceptors (Lipinski definition) is 7. The molecular weight excluding hydrogens is 208 g/mol. The molecule has 0 spiro atoms. The number of ether oxygens (including phenoxy) is 4. The van der Waals surface area contributed by atoms with Gasteiger partial charge in [0, 0.05) is 14.2 Å². The third-order valence-electron chi connectivity index (χ3n) is 1.46. The quantitative estimate of drug-likeness (QED) is 0.236. The van der Waals surface area contributed by atoms with Crippen molar-refractivity contribution in [1.29, 1.82) is 0 Å². The lowest BCUT2D eigenvalue weighted by Crippen LogP contribution is -2.15. The second kappa shape index (κ2) is 10.2. The second-order valence-electron chi connectivity index (χ2n) is 2.48. The average molecular weight is 226 g/mol. The highest BCUT2D eigenvalue weighted by molar-refractivity contribution is 4.21. The lowest BCUT2D eigenvalue weighted by molar-refractivity contribution is -0.547. The Bertz CT molecular complexity index is 118. The third-order valence-corrected chi connectivity index (χ3v) is 1.46. The Labute approximate surface area is 88.9 Å². The van der Waals surface area contributed by atoms with E-state index in [0.717, 1.165) is 0 Å². The van der Waals surface area contributed by atoms with Crippen LogP contribution in [0.2, 0.25) is 0 Å². The Kier molecular flexibility index (Phi) is 10.1. The molecule has 0 saturated heterocycles. The Balaban J connectivity index is 3.05. The summed E-state index contributed by atoms with van der Waals surface area (Å²) >= 11 is 0. The van der Waals surface area contributed by atoms with E-state index in [1.807, 2.05) is 0 Å². The van der Waals surface area contributed by atoms with Crippen molar-refractivity contribution in [2.75, 3.05) is 27.8 Å². The number of hydrogen-bond donors (Lipinski definition) is 0. The van der Waals surface area contributed by atoms with Gasteiger partial charge in [0.05, 0.1) is 0 Å². The van der Waals surface area contributed by atoms with Crippen molar-refractivity contribution in [3.8, 4) is 0 Å². The molecule has 0 saturated carbocycles. The summed E-state index contributed by atoms with van der Waals surface area (Å²) in [5, 5.41) is 4.26. The third kappa shape index (κ3) is 10.0. The molecule has 0 amide bonds. The van der Waals surface area contributed by atoms with Gasteiger partial charge >= 0.3 is 0 Å². The molecular formula is C8H18O7. The van der Waals surface area contributed by atoms with Crippen LogP contribution in [0, 0.1) is 0 Å². The molecule has 0 aliphatic heterocycles. The van der Waals surface area contributed by atoms with Crippen LogP contribution >= 0.6 is 0 Å². The highest BCUT2D eigenvalue weighted by Crippen LogP contribution is 1.94. The van der Waals surface area contributed by atoms with Gasteiger partial charge in [0.2, 0.25) is 0 Å². The highest BCUT2D eigenvalue weighted by atomic mass is 17.5. The first kappa shape index (κ1) is 14.7. The van der Waals surface area contributed by atoms with Gasteiger partial charge in [-0.3, -0.25) is 0 Å². The van der Waals surface area contributed by atoms with E-state index >= 15 is 0 Å². The van der Waals surface area contributed by atoms with Crippen LogP contribution in [0.3, 0.4) is 0 Å². The van der Waals surface area contributed by atoms with Gasteiger partial charge in [-0.05, 0) is 13.8 Å². The van der Waals surface area contributed by atoms with Crippen molar-refractivity contribution in [1.82, 2.24) is 0 Å². The van der Waals surface area contributed by atoms with Crippen LogP contribution < -0.4 is 0 Å². The molecule has 7 heteroatoms. The highest BCUT2D eigenvalue weighted by Gasteiger charge is 2.00. The van der Waals surface area contributed by atoms with Gasteiger partial charge in [0.15, 0.2) is 26.2 Å². The molecule has 2 atom stereocenters. The molecule has 0 bridgehead atoms. The van der Waals surface area contributed by atoms with Gasteiger partial charge in [-0.2, -0.15) is 9.78 Å². The lowest BCUT2D eigenvalue weighted by Gasteiger charge is -2.11. The van der Waals surface area contributed by atoms with Gasteiger partial charge in [0.25, 0.3) is 0 Å². The molecule has 0 N–H and O–H groups in total. The molecule has 0 rings (SSSR count). The van der Waals surface area contributed by atoms with Crippen LogP contribution in [0.1, 0.15) is 13.8 Å². The van der Waals surface area contributed by atoms with E-state index in [1.165, 1.54) is 14.2 Å². The smallest absolute Gasteiger partial charge is 0.187 e. The molecule has 7 nitrogen and oxygen atoms in total. The fourth-order valence-corrected chi connectivity index (χ4v) is 0.457. The maximum Gasteiger partial charge on any atom is 0.187 e. The standard InChI is InChI=1S/C8H18O7/c1-7(9-3)11-5-13-15-14-6-12-8(2)10-4/h7-8H,5-6H2,1-4H3. The monoisotopic (exact) mass is 226 g/mol. The summed E-state index contributed by atoms with van der Waals surface area (Å²) in [6.45, 7) is 3.23. The zero-order valence-corrected chi connectivity index (χ0v) is 9.43. The predicted molar refractivity (Wildman–Crippen MR) is 48.1 cm³/mol. The van der Waals surface area contributed by atoms with Crippen molar-refractivity contribution in [2.24, 2.45) is 0 Å². The van der Waals surface area contributed by atoms with E-state index in [4.69, 9.17) is 18.9 Å². The molecule has 0 aromatic heterocycles. The largest absolute Gasteiger partial charge is 0.356 e. The van der Waals surface area contributed by atoms with Crippen molar-refractivity contribution in [3.05, 3.63) is 0 Å². The van der Waals surface area contributed by atoms with Gasteiger partial charge in [-0.1, -0.05) is 5.04 Å². The van der Waals surface area contributed by atoms with E-state index in [1.54, 1.807) is 13.8 Å². The zero-order valence-electron chi connectivity index (χ0n) is 9.43. The van der Waals surface area contributed by atoms with Crippen molar-refractivity contribution in [3.63, 3.8) is 0 Å². The first-order valence-corrected chi connectivity index (χ1v) is 4.40. The van der Waals surface area contributed by atoms with Crippen LogP contribution in [0.25, 0.3) is 0 Å². The van der Waals surface area contributed by atoms with E-state index in [2.05, 4.69) is 14.8 Å². The Hall–Kier alpha value is -0.280. The molecule has 0 fully saturated rings. The summed E-state index contributed by atoms with van der Waals surface area (Å²) in [5.74, 6) is 0. The fourth-order valence-electron chi connectivity index (χ4n) is 0.457. The average Bonchev–Trinajstić information content (AvgIpc) is 2.26. The van der Waals surface area contributed by atoms with Gasteiger partial charge in [0.1, 0.15) is 0 Å². The molecule has 0 aliphatic carbocycles. The molecule has 15 heavy (non-hydrogen) atoms. The molecule has 0 radical (unpaired) electrons. The van der Waals surface area contributed by atoms with Crippen LogP contribution in [-0.4, -0.2) is 40.4 Å². The Morgan fingerprint density at radius 2 is 1.20 bits per heavy atom. The summed E-state index contributed by atoms with van der Waals surface area (Å²) in [5.41, 5.74) is 0. The first-order chi connectivity index (χ1) is 7.20. The summed E-state index contributed by atoms with van der Waals surface area (Å²) < 4.78 is 19.4. The SMILES string of the molecule is COC(C)OCOOOCOC(C)OC. The van der Waals surface area contributed by atoms with Crippen LogP contribution in [0.15, 0.2) is 0 Å². The fraction of sp³-hybridized carbons (Fsp3) is 1.00. The van der Waals surface area contributed by atoms with Crippen LogP contribution in [0.4, 0.5) is 0 Å². The summed E-state index contributed by atoms with van der Waals surface area (Å²) in [6.07, 6.45) is -0.725. The van der Waals surface area contributed by atoms with Crippen LogP contribution in [-0.2, 0) is 33.8 Å². The van der Waals surface area contributed by atoms with E-state index in [-0.39, 0.29) is 26.2 Å². The van der Waals surface area contributed by atoms with Crippen molar-refractivity contribution < 1.29 is 33.8 Å². The molecule has 2 unspecified atom stereocenters. The van der Waals surface area contributed by atoms with Crippen molar-refractivity contribution >= 4 is 0 Å². The summed E-state index contributed by atoms with van der Waals surface area (Å²) in [6, 6.07) is 0. The molecule has 0 aliphatic rings. The lowest BCUT2D eigenvalue weighted by atomic mass is 10.8. The summed E-state index contributed by atoms with van der Waals surface area (Å²) in [7, 11) is 3.03. The number of methoxy groups -OCH3 is 2. The summed E-state index contributed by atoms with van der Waals surface area (Å²) in [4.78, 5) is 8.95. The second-order valence-corrected chi connectivity index (χ2v) is 2.48. The maximum atomic E-state index is 4.93. The minimum Gasteiger partial charge on any atom is -0.356 e. The van der Waals surface area contributed by atoms with E-state index in [0.29, 0.717) is 0 Å². The van der Waals surface area contributed by atoms with Gasteiger partial charge in [-0.25, -0.2) is 0 Å². The van der Waals surface area contributed by atoms with Gasteiger partial charge in [-0.15, -0.1) is 0 Å².